The lowest BCUT2D eigenvalue weighted by Crippen LogP contribution is -2.40. The Morgan fingerprint density at radius 2 is 1.49 bits per heavy atom. The molecule has 2 aromatic carbocycles. The van der Waals surface area contributed by atoms with Gasteiger partial charge >= 0.3 is 0 Å². The molecule has 0 saturated carbocycles. The highest BCUT2D eigenvalue weighted by atomic mass is 32.2. The molecular weight excluding hydrogens is 546 g/mol. The van der Waals surface area contributed by atoms with E-state index < -0.39 is 20.0 Å². The van der Waals surface area contributed by atoms with E-state index >= 15 is 0 Å². The van der Waals surface area contributed by atoms with Crippen molar-refractivity contribution in [1.82, 2.24) is 8.61 Å². The summed E-state index contributed by atoms with van der Waals surface area (Å²) in [7, 11) is -4.61. The number of piperidine rings is 1. The molecule has 2 aromatic rings. The molecule has 1 amide bonds. The van der Waals surface area contributed by atoms with Gasteiger partial charge in [0.05, 0.1) is 32.3 Å². The molecule has 11 nitrogen and oxygen atoms in total. The van der Waals surface area contributed by atoms with E-state index in [1.54, 1.807) is 18.2 Å². The van der Waals surface area contributed by atoms with Crippen molar-refractivity contribution in [3.63, 3.8) is 0 Å². The Bertz CT molecular complexity index is 1380. The molecule has 0 atom stereocenters. The third-order valence-corrected chi connectivity index (χ3v) is 10.7. The van der Waals surface area contributed by atoms with E-state index in [0.29, 0.717) is 43.3 Å². The minimum atomic E-state index is -3.86. The molecule has 13 heteroatoms. The molecule has 0 radical (unpaired) electrons. The van der Waals surface area contributed by atoms with Gasteiger partial charge in [-0.15, -0.1) is 0 Å². The van der Waals surface area contributed by atoms with Crippen molar-refractivity contribution in [2.45, 2.75) is 41.9 Å². The van der Waals surface area contributed by atoms with Crippen LogP contribution in [0.25, 0.3) is 0 Å². The Kier molecular flexibility index (Phi) is 9.49. The van der Waals surface area contributed by atoms with Gasteiger partial charge in [0.25, 0.3) is 0 Å². The SMILES string of the molecule is COc1ccc(S(=O)(=O)N2CCCCC2)cc1CCC(=O)Nc1ccc(OC)c(S(=O)(=O)N2CCOCC2)c1. The van der Waals surface area contributed by atoms with Crippen molar-refractivity contribution in [2.75, 3.05) is 58.9 Å². The first-order valence-electron chi connectivity index (χ1n) is 12.9. The second kappa shape index (κ2) is 12.6. The van der Waals surface area contributed by atoms with Crippen LogP contribution in [-0.4, -0.2) is 85.0 Å². The van der Waals surface area contributed by atoms with Crippen LogP contribution in [0.3, 0.4) is 0 Å². The molecule has 0 aliphatic carbocycles. The van der Waals surface area contributed by atoms with Crippen LogP contribution in [-0.2, 0) is 36.0 Å². The Balaban J connectivity index is 1.48. The number of nitrogens with one attached hydrogen (secondary N) is 1. The number of aryl methyl sites for hydroxylation is 1. The molecule has 2 aliphatic heterocycles. The van der Waals surface area contributed by atoms with Crippen molar-refractivity contribution in [2.24, 2.45) is 0 Å². The number of methoxy groups -OCH3 is 2. The zero-order valence-electron chi connectivity index (χ0n) is 22.2. The Morgan fingerprint density at radius 1 is 0.846 bits per heavy atom. The van der Waals surface area contributed by atoms with Crippen molar-refractivity contribution in [1.29, 1.82) is 0 Å². The van der Waals surface area contributed by atoms with Gasteiger partial charge in [-0.3, -0.25) is 4.79 Å². The molecule has 0 unspecified atom stereocenters. The van der Waals surface area contributed by atoms with Crippen LogP contribution in [0.1, 0.15) is 31.2 Å². The van der Waals surface area contributed by atoms with Crippen LogP contribution in [0.5, 0.6) is 11.5 Å². The number of sulfonamides is 2. The average molecular weight is 582 g/mol. The molecule has 0 aromatic heterocycles. The van der Waals surface area contributed by atoms with Crippen molar-refractivity contribution < 1.29 is 35.8 Å². The number of carbonyl (C=O) groups excluding carboxylic acids is 1. The van der Waals surface area contributed by atoms with Crippen molar-refractivity contribution >= 4 is 31.6 Å². The first-order valence-corrected chi connectivity index (χ1v) is 15.8. The summed E-state index contributed by atoms with van der Waals surface area (Å²) in [4.78, 5) is 13.0. The van der Waals surface area contributed by atoms with Crippen LogP contribution in [0.15, 0.2) is 46.2 Å². The Hall–Kier alpha value is -2.71. The topological polar surface area (TPSA) is 132 Å². The number of morpholine rings is 1. The van der Waals surface area contributed by atoms with Gasteiger partial charge in [0.15, 0.2) is 0 Å². The van der Waals surface area contributed by atoms with Gasteiger partial charge in [0.2, 0.25) is 26.0 Å². The maximum atomic E-state index is 13.2. The predicted molar refractivity (Wildman–Crippen MR) is 145 cm³/mol. The fraction of sp³-hybridized carbons (Fsp3) is 0.500. The molecule has 4 rings (SSSR count). The fourth-order valence-electron chi connectivity index (χ4n) is 4.72. The van der Waals surface area contributed by atoms with Gasteiger partial charge < -0.3 is 19.5 Å². The third-order valence-electron chi connectivity index (χ3n) is 6.86. The highest BCUT2D eigenvalue weighted by molar-refractivity contribution is 7.89. The maximum absolute atomic E-state index is 13.2. The van der Waals surface area contributed by atoms with Crippen molar-refractivity contribution in [3.8, 4) is 11.5 Å². The average Bonchev–Trinajstić information content (AvgIpc) is 2.96. The van der Waals surface area contributed by atoms with E-state index in [2.05, 4.69) is 5.32 Å². The third kappa shape index (κ3) is 6.72. The summed E-state index contributed by atoms with van der Waals surface area (Å²) in [6.45, 7) is 2.07. The molecule has 0 spiro atoms. The second-order valence-corrected chi connectivity index (χ2v) is 13.2. The summed E-state index contributed by atoms with van der Waals surface area (Å²) in [5, 5.41) is 2.74. The summed E-state index contributed by atoms with van der Waals surface area (Å²) in [5.74, 6) is 0.306. The lowest BCUT2D eigenvalue weighted by Gasteiger charge is -2.26. The van der Waals surface area contributed by atoms with E-state index in [0.717, 1.165) is 19.3 Å². The highest BCUT2D eigenvalue weighted by Gasteiger charge is 2.30. The normalized spacial score (nSPS) is 17.5. The summed E-state index contributed by atoms with van der Waals surface area (Å²) in [6, 6.07) is 9.16. The van der Waals surface area contributed by atoms with Crippen LogP contribution >= 0.6 is 0 Å². The monoisotopic (exact) mass is 581 g/mol. The zero-order valence-corrected chi connectivity index (χ0v) is 23.9. The number of hydrogen-bond acceptors (Lipinski definition) is 8. The van der Waals surface area contributed by atoms with Crippen LogP contribution < -0.4 is 14.8 Å². The van der Waals surface area contributed by atoms with Gasteiger partial charge in [-0.1, -0.05) is 6.42 Å². The fourth-order valence-corrected chi connectivity index (χ4v) is 7.88. The Morgan fingerprint density at radius 3 is 2.15 bits per heavy atom. The molecule has 0 bridgehead atoms. The summed E-state index contributed by atoms with van der Waals surface area (Å²) in [5.41, 5.74) is 0.900. The number of carbonyl (C=O) groups is 1. The standard InChI is InChI=1S/C26H35N3O8S2/c1-35-23-10-8-22(38(31,32)28-12-4-3-5-13-28)18-20(23)6-11-26(30)27-21-7-9-24(36-2)25(19-21)39(33,34)29-14-16-37-17-15-29/h7-10,18-19H,3-6,11-17H2,1-2H3,(H,27,30). The van der Waals surface area contributed by atoms with Gasteiger partial charge in [-0.05, 0) is 61.2 Å². The second-order valence-electron chi connectivity index (χ2n) is 9.37. The van der Waals surface area contributed by atoms with Gasteiger partial charge in [-0.25, -0.2) is 16.8 Å². The van der Waals surface area contributed by atoms with Crippen molar-refractivity contribution in [3.05, 3.63) is 42.0 Å². The number of ether oxygens (including phenoxy) is 3. The first kappa shape index (κ1) is 29.3. The van der Waals surface area contributed by atoms with E-state index in [9.17, 15) is 21.6 Å². The lowest BCUT2D eigenvalue weighted by molar-refractivity contribution is -0.116. The lowest BCUT2D eigenvalue weighted by atomic mass is 10.1. The first-order chi connectivity index (χ1) is 18.7. The molecule has 2 aliphatic rings. The number of anilines is 1. The summed E-state index contributed by atoms with van der Waals surface area (Å²) < 4.78 is 71.5. The van der Waals surface area contributed by atoms with E-state index in [4.69, 9.17) is 14.2 Å². The number of benzene rings is 2. The molecule has 39 heavy (non-hydrogen) atoms. The summed E-state index contributed by atoms with van der Waals surface area (Å²) >= 11 is 0. The molecule has 2 fully saturated rings. The summed E-state index contributed by atoms with van der Waals surface area (Å²) in [6.07, 6.45) is 2.95. The van der Waals surface area contributed by atoms with Gasteiger partial charge in [-0.2, -0.15) is 8.61 Å². The largest absolute Gasteiger partial charge is 0.496 e. The zero-order chi connectivity index (χ0) is 28.0. The van der Waals surface area contributed by atoms with E-state index in [1.807, 2.05) is 0 Å². The number of hydrogen-bond donors (Lipinski definition) is 1. The van der Waals surface area contributed by atoms with Crippen LogP contribution in [0, 0.1) is 0 Å². The molecule has 2 saturated heterocycles. The van der Waals surface area contributed by atoms with E-state index in [-0.39, 0.29) is 47.4 Å². The van der Waals surface area contributed by atoms with Crippen LogP contribution in [0.2, 0.25) is 0 Å². The maximum Gasteiger partial charge on any atom is 0.246 e. The predicted octanol–water partition coefficient (Wildman–Crippen LogP) is 2.47. The highest BCUT2D eigenvalue weighted by Crippen LogP contribution is 2.31. The molecule has 2 heterocycles. The quantitative estimate of drug-likeness (QED) is 0.453. The van der Waals surface area contributed by atoms with Gasteiger partial charge in [0, 0.05) is 38.3 Å². The number of nitrogens with zero attached hydrogens (tertiary/aromatic N) is 2. The smallest absolute Gasteiger partial charge is 0.246 e. The number of rotatable bonds is 10. The van der Waals surface area contributed by atoms with Crippen LogP contribution in [0.4, 0.5) is 5.69 Å². The number of amides is 1. The minimum absolute atomic E-state index is 0.0289. The van der Waals surface area contributed by atoms with E-state index in [1.165, 1.54) is 41.0 Å². The molecule has 1 N–H and O–H groups in total. The van der Waals surface area contributed by atoms with Gasteiger partial charge in [0.1, 0.15) is 16.4 Å². The molecular formula is C26H35N3O8S2. The minimum Gasteiger partial charge on any atom is -0.496 e. The Labute approximate surface area is 230 Å². The molecule has 214 valence electrons.